The van der Waals surface area contributed by atoms with Crippen molar-refractivity contribution < 1.29 is 9.53 Å². The van der Waals surface area contributed by atoms with Gasteiger partial charge in [0.25, 0.3) is 0 Å². The van der Waals surface area contributed by atoms with E-state index in [9.17, 15) is 4.79 Å². The predicted octanol–water partition coefficient (Wildman–Crippen LogP) is 3.36. The summed E-state index contributed by atoms with van der Waals surface area (Å²) in [7, 11) is 3.61. The van der Waals surface area contributed by atoms with E-state index in [2.05, 4.69) is 0 Å². The zero-order chi connectivity index (χ0) is 12.9. The lowest BCUT2D eigenvalue weighted by molar-refractivity contribution is 0.0973. The molecule has 1 aliphatic carbocycles. The van der Waals surface area contributed by atoms with Crippen LogP contribution in [0.1, 0.15) is 28.9 Å². The molecule has 0 aliphatic heterocycles. The quantitative estimate of drug-likeness (QED) is 0.790. The number of rotatable bonds is 1. The molecule has 1 aromatic heterocycles. The number of carbonyl (C=O) groups excluding carboxylic acids is 1. The van der Waals surface area contributed by atoms with Gasteiger partial charge in [-0.15, -0.1) is 0 Å². The smallest absolute Gasteiger partial charge is 0.165 e. The fraction of sp³-hybridized carbons (Fsp3) is 0.357. The second-order valence-electron chi connectivity index (χ2n) is 4.63. The van der Waals surface area contributed by atoms with Crippen molar-refractivity contribution in [2.75, 3.05) is 7.11 Å². The number of carbonyl (C=O) groups is 1. The highest BCUT2D eigenvalue weighted by atomic mass is 35.5. The predicted molar refractivity (Wildman–Crippen MR) is 71.7 cm³/mol. The van der Waals surface area contributed by atoms with E-state index in [1.165, 1.54) is 0 Å². The molecule has 18 heavy (non-hydrogen) atoms. The number of benzene rings is 1. The molecule has 1 heterocycles. The molecule has 3 nitrogen and oxygen atoms in total. The number of ether oxygens (including phenoxy) is 1. The Kier molecular flexibility index (Phi) is 2.59. The van der Waals surface area contributed by atoms with Crippen molar-refractivity contribution in [2.24, 2.45) is 7.05 Å². The molecule has 94 valence electrons. The van der Waals surface area contributed by atoms with Crippen molar-refractivity contribution >= 4 is 28.3 Å². The Bertz CT molecular complexity index is 658. The molecular weight excluding hydrogens is 250 g/mol. The molecule has 4 heteroatoms. The molecule has 0 atom stereocenters. The summed E-state index contributed by atoms with van der Waals surface area (Å²) in [6, 6.07) is 3.64. The highest BCUT2D eigenvalue weighted by molar-refractivity contribution is 6.37. The van der Waals surface area contributed by atoms with E-state index in [0.29, 0.717) is 11.4 Å². The van der Waals surface area contributed by atoms with Crippen LogP contribution >= 0.6 is 11.6 Å². The van der Waals surface area contributed by atoms with E-state index in [4.69, 9.17) is 16.3 Å². The van der Waals surface area contributed by atoms with Gasteiger partial charge in [-0.25, -0.2) is 0 Å². The summed E-state index contributed by atoms with van der Waals surface area (Å²) >= 11 is 6.28. The molecule has 0 unspecified atom stereocenters. The van der Waals surface area contributed by atoms with Gasteiger partial charge in [-0.2, -0.15) is 0 Å². The molecule has 3 rings (SSSR count). The summed E-state index contributed by atoms with van der Waals surface area (Å²) in [6.45, 7) is 0. The topological polar surface area (TPSA) is 31.2 Å². The molecule has 0 amide bonds. The van der Waals surface area contributed by atoms with Gasteiger partial charge < -0.3 is 9.30 Å². The van der Waals surface area contributed by atoms with Gasteiger partial charge in [0.1, 0.15) is 5.75 Å². The Balaban J connectivity index is 2.50. The Morgan fingerprint density at radius 1 is 1.33 bits per heavy atom. The largest absolute Gasteiger partial charge is 0.495 e. The molecular formula is C14H14ClNO2. The first-order valence-corrected chi connectivity index (χ1v) is 6.40. The molecule has 1 aromatic carbocycles. The van der Waals surface area contributed by atoms with Crippen molar-refractivity contribution in [3.63, 3.8) is 0 Å². The zero-order valence-corrected chi connectivity index (χ0v) is 11.2. The second kappa shape index (κ2) is 4.02. The van der Waals surface area contributed by atoms with E-state index >= 15 is 0 Å². The van der Waals surface area contributed by atoms with Crippen LogP contribution in [0.4, 0.5) is 0 Å². The van der Waals surface area contributed by atoms with Crippen LogP contribution in [0.15, 0.2) is 12.1 Å². The maximum Gasteiger partial charge on any atom is 0.165 e. The summed E-state index contributed by atoms with van der Waals surface area (Å²) in [5, 5.41) is 1.47. The van der Waals surface area contributed by atoms with Gasteiger partial charge in [0, 0.05) is 30.1 Å². The van der Waals surface area contributed by atoms with Crippen molar-refractivity contribution in [3.05, 3.63) is 28.4 Å². The fourth-order valence-corrected chi connectivity index (χ4v) is 3.11. The third kappa shape index (κ3) is 1.40. The number of hydrogen-bond acceptors (Lipinski definition) is 2. The van der Waals surface area contributed by atoms with Gasteiger partial charge in [-0.05, 0) is 25.0 Å². The molecule has 2 aromatic rings. The summed E-state index contributed by atoms with van der Waals surface area (Å²) < 4.78 is 7.43. The lowest BCUT2D eigenvalue weighted by Crippen LogP contribution is -2.11. The first kappa shape index (κ1) is 11.6. The van der Waals surface area contributed by atoms with Crippen molar-refractivity contribution in [3.8, 4) is 5.75 Å². The van der Waals surface area contributed by atoms with E-state index in [1.54, 1.807) is 13.2 Å². The number of halogens is 1. The van der Waals surface area contributed by atoms with E-state index in [1.807, 2.05) is 17.7 Å². The molecule has 0 spiro atoms. The monoisotopic (exact) mass is 263 g/mol. The van der Waals surface area contributed by atoms with E-state index < -0.39 is 0 Å². The van der Waals surface area contributed by atoms with Crippen LogP contribution in [-0.4, -0.2) is 17.5 Å². The molecule has 0 radical (unpaired) electrons. The minimum absolute atomic E-state index is 0.192. The number of Topliss-reactive ketones (excluding diaryl/α,β-unsaturated/α-hetero) is 1. The molecule has 0 saturated heterocycles. The molecule has 0 saturated carbocycles. The summed E-state index contributed by atoms with van der Waals surface area (Å²) in [5.41, 5.74) is 2.79. The summed E-state index contributed by atoms with van der Waals surface area (Å²) in [6.07, 6.45) is 2.45. The van der Waals surface area contributed by atoms with Gasteiger partial charge in [0.15, 0.2) is 5.78 Å². The number of methoxy groups -OCH3 is 1. The van der Waals surface area contributed by atoms with Gasteiger partial charge in [0.2, 0.25) is 0 Å². The maximum atomic E-state index is 12.2. The highest BCUT2D eigenvalue weighted by Crippen LogP contribution is 2.39. The lowest BCUT2D eigenvalue weighted by Gasteiger charge is -2.12. The number of hydrogen-bond donors (Lipinski definition) is 0. The third-order valence-corrected chi connectivity index (χ3v) is 4.00. The Hall–Kier alpha value is -1.48. The molecule has 1 aliphatic rings. The summed E-state index contributed by atoms with van der Waals surface area (Å²) in [5.74, 6) is 0.955. The SMILES string of the molecule is COc1ccc(Cl)c2c3c(n(C)c12)CCCC3=O. The Morgan fingerprint density at radius 2 is 2.11 bits per heavy atom. The molecule has 0 N–H and O–H groups in total. The Morgan fingerprint density at radius 3 is 2.83 bits per heavy atom. The average Bonchev–Trinajstić information content (AvgIpc) is 2.67. The highest BCUT2D eigenvalue weighted by Gasteiger charge is 2.27. The van der Waals surface area contributed by atoms with Crippen LogP contribution in [0.25, 0.3) is 10.9 Å². The third-order valence-electron chi connectivity index (χ3n) is 3.69. The summed E-state index contributed by atoms with van der Waals surface area (Å²) in [4.78, 5) is 12.2. The van der Waals surface area contributed by atoms with Crippen LogP contribution in [0.5, 0.6) is 5.75 Å². The minimum Gasteiger partial charge on any atom is -0.495 e. The zero-order valence-electron chi connectivity index (χ0n) is 10.4. The van der Waals surface area contributed by atoms with Crippen LogP contribution < -0.4 is 4.74 Å². The van der Waals surface area contributed by atoms with Crippen molar-refractivity contribution in [2.45, 2.75) is 19.3 Å². The maximum absolute atomic E-state index is 12.2. The number of ketones is 1. The number of fused-ring (bicyclic) bond motifs is 3. The normalized spacial score (nSPS) is 14.9. The van der Waals surface area contributed by atoms with E-state index in [-0.39, 0.29) is 5.78 Å². The van der Waals surface area contributed by atoms with E-state index in [0.717, 1.165) is 40.8 Å². The average molecular weight is 264 g/mol. The fourth-order valence-electron chi connectivity index (χ4n) is 2.86. The van der Waals surface area contributed by atoms with Gasteiger partial charge in [-0.3, -0.25) is 4.79 Å². The van der Waals surface area contributed by atoms with Crippen LogP contribution in [-0.2, 0) is 13.5 Å². The first-order valence-electron chi connectivity index (χ1n) is 6.02. The van der Waals surface area contributed by atoms with Crippen LogP contribution in [0, 0.1) is 0 Å². The first-order chi connectivity index (χ1) is 8.65. The molecule has 0 fully saturated rings. The van der Waals surface area contributed by atoms with Gasteiger partial charge in [0.05, 0.1) is 17.6 Å². The minimum atomic E-state index is 0.192. The Labute approximate surface area is 110 Å². The number of nitrogens with zero attached hydrogens (tertiary/aromatic N) is 1. The standard InChI is InChI=1S/C14H14ClNO2/c1-16-9-4-3-5-10(17)13(9)12-8(15)6-7-11(18-2)14(12)16/h6-7H,3-5H2,1-2H3. The number of aromatic nitrogens is 1. The van der Waals surface area contributed by atoms with Gasteiger partial charge in [-0.1, -0.05) is 11.6 Å². The van der Waals surface area contributed by atoms with Crippen molar-refractivity contribution in [1.29, 1.82) is 0 Å². The van der Waals surface area contributed by atoms with Crippen molar-refractivity contribution in [1.82, 2.24) is 4.57 Å². The van der Waals surface area contributed by atoms with Crippen LogP contribution in [0.2, 0.25) is 5.02 Å². The number of aryl methyl sites for hydroxylation is 1. The van der Waals surface area contributed by atoms with Gasteiger partial charge >= 0.3 is 0 Å². The molecule has 0 bridgehead atoms. The second-order valence-corrected chi connectivity index (χ2v) is 5.04. The van der Waals surface area contributed by atoms with Crippen LogP contribution in [0.3, 0.4) is 0 Å². The lowest BCUT2D eigenvalue weighted by atomic mass is 9.94.